The van der Waals surface area contributed by atoms with Gasteiger partial charge in [0.25, 0.3) is 5.91 Å². The fraction of sp³-hybridized carbons (Fsp3) is 0.0476. The highest BCUT2D eigenvalue weighted by Gasteiger charge is 2.16. The molecule has 4 aromatic rings. The van der Waals surface area contributed by atoms with Gasteiger partial charge in [-0.15, -0.1) is 0 Å². The second kappa shape index (κ2) is 6.85. The minimum atomic E-state index is -0.656. The summed E-state index contributed by atoms with van der Waals surface area (Å²) in [5.74, 6) is -1.24. The van der Waals surface area contributed by atoms with Crippen LogP contribution in [0, 0.1) is 12.7 Å². The Bertz CT molecular complexity index is 1130. The number of rotatable bonds is 3. The maximum Gasteiger partial charge on any atom is 0.260 e. The second-order valence-electron chi connectivity index (χ2n) is 6.22. The molecular formula is C21H15ClFN3O. The molecule has 2 aromatic carbocycles. The standard InChI is InChI=1S/C21H15ClFN3O/c1-13-9-10-26-12-18(25-19(26)11-13)14-5-7-15(8-6-14)24-21(27)20-16(22)3-2-4-17(20)23/h2-12H,1H3,(H,24,27). The number of benzene rings is 2. The Balaban J connectivity index is 1.57. The maximum absolute atomic E-state index is 13.9. The van der Waals surface area contributed by atoms with E-state index in [1.54, 1.807) is 12.1 Å². The summed E-state index contributed by atoms with van der Waals surface area (Å²) in [5, 5.41) is 2.74. The Hall–Kier alpha value is -3.18. The average molecular weight is 380 g/mol. The first-order valence-electron chi connectivity index (χ1n) is 8.32. The summed E-state index contributed by atoms with van der Waals surface area (Å²) in [6.45, 7) is 2.02. The summed E-state index contributed by atoms with van der Waals surface area (Å²) in [6.07, 6.45) is 3.91. The zero-order valence-electron chi connectivity index (χ0n) is 14.4. The highest BCUT2D eigenvalue weighted by molar-refractivity contribution is 6.34. The van der Waals surface area contributed by atoms with E-state index in [4.69, 9.17) is 11.6 Å². The number of hydrogen-bond acceptors (Lipinski definition) is 2. The molecule has 2 aromatic heterocycles. The smallest absolute Gasteiger partial charge is 0.260 e. The molecule has 1 N–H and O–H groups in total. The number of anilines is 1. The van der Waals surface area contributed by atoms with Gasteiger partial charge in [-0.3, -0.25) is 4.79 Å². The van der Waals surface area contributed by atoms with Crippen LogP contribution in [-0.4, -0.2) is 15.3 Å². The number of aryl methyl sites for hydroxylation is 1. The quantitative estimate of drug-likeness (QED) is 0.521. The van der Waals surface area contributed by atoms with Crippen LogP contribution in [0.4, 0.5) is 10.1 Å². The summed E-state index contributed by atoms with van der Waals surface area (Å²) < 4.78 is 15.8. The maximum atomic E-state index is 13.9. The number of amides is 1. The molecule has 0 bridgehead atoms. The van der Waals surface area contributed by atoms with Crippen molar-refractivity contribution in [2.75, 3.05) is 5.32 Å². The summed E-state index contributed by atoms with van der Waals surface area (Å²) in [5.41, 5.74) is 4.14. The van der Waals surface area contributed by atoms with Gasteiger partial charge >= 0.3 is 0 Å². The van der Waals surface area contributed by atoms with Crippen molar-refractivity contribution < 1.29 is 9.18 Å². The van der Waals surface area contributed by atoms with Gasteiger partial charge < -0.3 is 9.72 Å². The molecule has 0 unspecified atom stereocenters. The highest BCUT2D eigenvalue weighted by Crippen LogP contribution is 2.24. The lowest BCUT2D eigenvalue weighted by Gasteiger charge is -2.08. The van der Waals surface area contributed by atoms with Crippen molar-refractivity contribution in [1.82, 2.24) is 9.38 Å². The van der Waals surface area contributed by atoms with Crippen LogP contribution in [0.2, 0.25) is 5.02 Å². The second-order valence-corrected chi connectivity index (χ2v) is 6.63. The predicted octanol–water partition coefficient (Wildman–Crippen LogP) is 5.35. The molecule has 0 saturated heterocycles. The summed E-state index contributed by atoms with van der Waals surface area (Å²) in [4.78, 5) is 16.9. The van der Waals surface area contributed by atoms with E-state index >= 15 is 0 Å². The molecular weight excluding hydrogens is 365 g/mol. The van der Waals surface area contributed by atoms with Crippen molar-refractivity contribution in [1.29, 1.82) is 0 Å². The fourth-order valence-corrected chi connectivity index (χ4v) is 3.10. The molecule has 2 heterocycles. The molecule has 0 aliphatic rings. The first-order chi connectivity index (χ1) is 13.0. The van der Waals surface area contributed by atoms with Crippen LogP contribution in [0.1, 0.15) is 15.9 Å². The Labute approximate surface area is 160 Å². The van der Waals surface area contributed by atoms with Gasteiger partial charge in [-0.05, 0) is 48.9 Å². The molecule has 0 aliphatic heterocycles. The fourth-order valence-electron chi connectivity index (χ4n) is 2.86. The zero-order valence-corrected chi connectivity index (χ0v) is 15.2. The van der Waals surface area contributed by atoms with E-state index in [9.17, 15) is 9.18 Å². The Morgan fingerprint density at radius 1 is 1.15 bits per heavy atom. The van der Waals surface area contributed by atoms with E-state index in [1.165, 1.54) is 18.2 Å². The Kier molecular flexibility index (Phi) is 4.38. The van der Waals surface area contributed by atoms with Crippen molar-refractivity contribution in [2.24, 2.45) is 0 Å². The number of halogens is 2. The number of pyridine rings is 1. The van der Waals surface area contributed by atoms with Crippen LogP contribution >= 0.6 is 11.6 Å². The number of carbonyl (C=O) groups excluding carboxylic acids is 1. The van der Waals surface area contributed by atoms with Gasteiger partial charge in [0.2, 0.25) is 0 Å². The topological polar surface area (TPSA) is 46.4 Å². The van der Waals surface area contributed by atoms with Crippen LogP contribution in [-0.2, 0) is 0 Å². The van der Waals surface area contributed by atoms with Gasteiger partial charge in [-0.25, -0.2) is 9.37 Å². The lowest BCUT2D eigenvalue weighted by Crippen LogP contribution is -2.14. The molecule has 0 radical (unpaired) electrons. The summed E-state index contributed by atoms with van der Waals surface area (Å²) in [7, 11) is 0. The first kappa shape index (κ1) is 17.2. The number of imidazole rings is 1. The molecule has 4 nitrogen and oxygen atoms in total. The molecule has 0 saturated carbocycles. The van der Waals surface area contributed by atoms with E-state index in [2.05, 4.69) is 10.3 Å². The van der Waals surface area contributed by atoms with Crippen LogP contribution in [0.5, 0.6) is 0 Å². The van der Waals surface area contributed by atoms with E-state index in [1.807, 2.05) is 48.0 Å². The molecule has 4 rings (SSSR count). The van der Waals surface area contributed by atoms with E-state index in [0.29, 0.717) is 5.69 Å². The largest absolute Gasteiger partial charge is 0.322 e. The van der Waals surface area contributed by atoms with Gasteiger partial charge in [0.05, 0.1) is 16.3 Å². The van der Waals surface area contributed by atoms with Gasteiger partial charge in [0, 0.05) is 23.6 Å². The van der Waals surface area contributed by atoms with Crippen molar-refractivity contribution in [3.63, 3.8) is 0 Å². The third-order valence-electron chi connectivity index (χ3n) is 4.24. The average Bonchev–Trinajstić information content (AvgIpc) is 3.05. The zero-order chi connectivity index (χ0) is 19.0. The monoisotopic (exact) mass is 379 g/mol. The normalized spacial score (nSPS) is 10.9. The van der Waals surface area contributed by atoms with Crippen LogP contribution in [0.3, 0.4) is 0 Å². The molecule has 0 spiro atoms. The van der Waals surface area contributed by atoms with E-state index < -0.39 is 11.7 Å². The Morgan fingerprint density at radius 2 is 1.93 bits per heavy atom. The highest BCUT2D eigenvalue weighted by atomic mass is 35.5. The van der Waals surface area contributed by atoms with E-state index in [-0.39, 0.29) is 10.6 Å². The lowest BCUT2D eigenvalue weighted by molar-refractivity contribution is 0.102. The van der Waals surface area contributed by atoms with E-state index in [0.717, 1.165) is 22.5 Å². The SMILES string of the molecule is Cc1ccn2cc(-c3ccc(NC(=O)c4c(F)cccc4Cl)cc3)nc2c1. The van der Waals surface area contributed by atoms with Gasteiger partial charge in [0.1, 0.15) is 11.5 Å². The van der Waals surface area contributed by atoms with Crippen molar-refractivity contribution in [2.45, 2.75) is 6.92 Å². The van der Waals surface area contributed by atoms with Crippen molar-refractivity contribution in [3.8, 4) is 11.3 Å². The summed E-state index contributed by atoms with van der Waals surface area (Å²) >= 11 is 5.93. The molecule has 1 amide bonds. The number of carbonyl (C=O) groups is 1. The molecule has 134 valence electrons. The molecule has 6 heteroatoms. The van der Waals surface area contributed by atoms with Gasteiger partial charge in [0.15, 0.2) is 0 Å². The molecule has 0 aliphatic carbocycles. The number of fused-ring (bicyclic) bond motifs is 1. The minimum absolute atomic E-state index is 0.0733. The van der Waals surface area contributed by atoms with Crippen LogP contribution in [0.15, 0.2) is 67.0 Å². The number of nitrogens with zero attached hydrogens (tertiary/aromatic N) is 2. The van der Waals surface area contributed by atoms with Crippen LogP contribution < -0.4 is 5.32 Å². The Morgan fingerprint density at radius 3 is 2.67 bits per heavy atom. The minimum Gasteiger partial charge on any atom is -0.322 e. The molecule has 0 fully saturated rings. The number of aromatic nitrogens is 2. The lowest BCUT2D eigenvalue weighted by atomic mass is 10.1. The predicted molar refractivity (Wildman–Crippen MR) is 105 cm³/mol. The van der Waals surface area contributed by atoms with Gasteiger partial charge in [-0.1, -0.05) is 29.8 Å². The third-order valence-corrected chi connectivity index (χ3v) is 4.56. The van der Waals surface area contributed by atoms with Crippen molar-refractivity contribution in [3.05, 3.63) is 89.0 Å². The third kappa shape index (κ3) is 3.41. The first-order valence-corrected chi connectivity index (χ1v) is 8.70. The molecule has 0 atom stereocenters. The summed E-state index contributed by atoms with van der Waals surface area (Å²) in [6, 6.07) is 15.4. The van der Waals surface area contributed by atoms with Crippen molar-refractivity contribution >= 4 is 28.8 Å². The number of hydrogen-bond donors (Lipinski definition) is 1. The number of nitrogens with one attached hydrogen (secondary N) is 1. The van der Waals surface area contributed by atoms with Crippen LogP contribution in [0.25, 0.3) is 16.9 Å². The van der Waals surface area contributed by atoms with Gasteiger partial charge in [-0.2, -0.15) is 0 Å². The molecule has 27 heavy (non-hydrogen) atoms.